The molecular weight excluding hydrogens is 258 g/mol. The molecule has 0 aliphatic rings. The van der Waals surface area contributed by atoms with Crippen LogP contribution < -0.4 is 4.72 Å². The largest absolute Gasteiger partial charge is 0.480 e. The quantitative estimate of drug-likeness (QED) is 0.777. The molecule has 0 fully saturated rings. The number of aromatic nitrogens is 2. The van der Waals surface area contributed by atoms with Gasteiger partial charge in [0.2, 0.25) is 0 Å². The van der Waals surface area contributed by atoms with E-state index in [1.165, 1.54) is 19.4 Å². The van der Waals surface area contributed by atoms with E-state index >= 15 is 0 Å². The predicted molar refractivity (Wildman–Crippen MR) is 64.5 cm³/mol. The van der Waals surface area contributed by atoms with Gasteiger partial charge in [-0.15, -0.1) is 0 Å². The predicted octanol–water partition coefficient (Wildman–Crippen LogP) is 0.290. The van der Waals surface area contributed by atoms with Gasteiger partial charge in [-0.3, -0.25) is 4.79 Å². The second-order valence-electron chi connectivity index (χ2n) is 4.48. The second-order valence-corrected chi connectivity index (χ2v) is 6.14. The van der Waals surface area contributed by atoms with Crippen LogP contribution in [0.15, 0.2) is 17.6 Å². The molecule has 8 heteroatoms. The van der Waals surface area contributed by atoms with Gasteiger partial charge < -0.3 is 9.67 Å². The first-order valence-electron chi connectivity index (χ1n) is 5.49. The molecule has 1 heterocycles. The number of nitrogens with zero attached hydrogens (tertiary/aromatic N) is 2. The molecule has 1 rings (SSSR count). The van der Waals surface area contributed by atoms with Crippen molar-refractivity contribution in [1.29, 1.82) is 0 Å². The molecular formula is C10H17N3O4S. The van der Waals surface area contributed by atoms with Gasteiger partial charge in [-0.25, -0.2) is 13.4 Å². The zero-order valence-electron chi connectivity index (χ0n) is 10.5. The van der Waals surface area contributed by atoms with Crippen molar-refractivity contribution >= 4 is 16.0 Å². The van der Waals surface area contributed by atoms with Gasteiger partial charge in [-0.05, 0) is 12.8 Å². The zero-order valence-corrected chi connectivity index (χ0v) is 11.3. The Morgan fingerprint density at radius 1 is 1.50 bits per heavy atom. The van der Waals surface area contributed by atoms with Crippen LogP contribution in [0.4, 0.5) is 0 Å². The topological polar surface area (TPSA) is 101 Å². The third kappa shape index (κ3) is 3.81. The molecule has 18 heavy (non-hydrogen) atoms. The summed E-state index contributed by atoms with van der Waals surface area (Å²) in [4.78, 5) is 14.4. The van der Waals surface area contributed by atoms with Crippen LogP contribution in [-0.4, -0.2) is 35.1 Å². The van der Waals surface area contributed by atoms with Crippen molar-refractivity contribution in [2.75, 3.05) is 0 Å². The number of nitrogens with one attached hydrogen (secondary N) is 1. The van der Waals surface area contributed by atoms with Crippen LogP contribution in [0.2, 0.25) is 0 Å². The third-order valence-electron chi connectivity index (χ3n) is 2.16. The highest BCUT2D eigenvalue weighted by molar-refractivity contribution is 7.89. The maximum absolute atomic E-state index is 11.8. The second kappa shape index (κ2) is 5.49. The molecule has 0 aliphatic carbocycles. The summed E-state index contributed by atoms with van der Waals surface area (Å²) in [5.41, 5.74) is 0. The molecule has 1 atom stereocenters. The zero-order chi connectivity index (χ0) is 13.9. The molecule has 0 saturated heterocycles. The maximum atomic E-state index is 11.8. The molecule has 1 aromatic rings. The molecule has 0 spiro atoms. The minimum atomic E-state index is -3.88. The molecule has 102 valence electrons. The number of imidazole rings is 1. The van der Waals surface area contributed by atoms with E-state index in [2.05, 4.69) is 4.98 Å². The lowest BCUT2D eigenvalue weighted by Gasteiger charge is -2.08. The fraction of sp³-hybridized carbons (Fsp3) is 0.600. The molecule has 0 radical (unpaired) electrons. The van der Waals surface area contributed by atoms with Crippen molar-refractivity contribution in [3.63, 3.8) is 0 Å². The number of carbonyl (C=O) groups is 1. The van der Waals surface area contributed by atoms with Crippen molar-refractivity contribution in [2.45, 2.75) is 38.4 Å². The number of rotatable bonds is 6. The monoisotopic (exact) mass is 275 g/mol. The Bertz CT molecular complexity index is 521. The van der Waals surface area contributed by atoms with E-state index in [1.807, 2.05) is 18.6 Å². The summed E-state index contributed by atoms with van der Waals surface area (Å²) in [7, 11) is -3.88. The van der Waals surface area contributed by atoms with Gasteiger partial charge in [0, 0.05) is 12.7 Å². The van der Waals surface area contributed by atoms with E-state index < -0.39 is 22.0 Å². The Labute approximate surface area is 106 Å². The fourth-order valence-electron chi connectivity index (χ4n) is 1.34. The Hall–Kier alpha value is -1.41. The van der Waals surface area contributed by atoms with Crippen LogP contribution in [0.1, 0.15) is 20.8 Å². The first-order valence-corrected chi connectivity index (χ1v) is 6.97. The van der Waals surface area contributed by atoms with Gasteiger partial charge in [-0.1, -0.05) is 13.8 Å². The highest BCUT2D eigenvalue weighted by atomic mass is 32.2. The standard InChI is InChI=1S/C10H17N3O4S/c1-7(2)4-13-5-9(11-6-13)18(16,17)12-8(3)10(14)15/h5-8,12H,4H2,1-3H3,(H,14,15). The lowest BCUT2D eigenvalue weighted by Crippen LogP contribution is -2.38. The normalized spacial score (nSPS) is 13.8. The molecule has 7 nitrogen and oxygen atoms in total. The van der Waals surface area contributed by atoms with E-state index in [0.717, 1.165) is 0 Å². The Morgan fingerprint density at radius 2 is 2.11 bits per heavy atom. The van der Waals surface area contributed by atoms with Gasteiger partial charge in [0.25, 0.3) is 10.0 Å². The SMILES string of the molecule is CC(C)Cn1cnc(S(=O)(=O)NC(C)C(=O)O)c1. The number of aliphatic carboxylic acids is 1. The van der Waals surface area contributed by atoms with Crippen molar-refractivity contribution < 1.29 is 18.3 Å². The Morgan fingerprint density at radius 3 is 2.61 bits per heavy atom. The third-order valence-corrected chi connectivity index (χ3v) is 3.59. The summed E-state index contributed by atoms with van der Waals surface area (Å²) >= 11 is 0. The summed E-state index contributed by atoms with van der Waals surface area (Å²) in [5.74, 6) is -0.874. The van der Waals surface area contributed by atoms with E-state index in [0.29, 0.717) is 12.5 Å². The number of carboxylic acid groups (broad SMARTS) is 1. The molecule has 2 N–H and O–H groups in total. The van der Waals surface area contributed by atoms with Gasteiger partial charge in [-0.2, -0.15) is 4.72 Å². The highest BCUT2D eigenvalue weighted by Gasteiger charge is 2.23. The van der Waals surface area contributed by atoms with Crippen LogP contribution in [-0.2, 0) is 21.4 Å². The Kier molecular flexibility index (Phi) is 4.47. The average molecular weight is 275 g/mol. The Balaban J connectivity index is 2.85. The lowest BCUT2D eigenvalue weighted by molar-refractivity contribution is -0.138. The van der Waals surface area contributed by atoms with Crippen molar-refractivity contribution in [3.05, 3.63) is 12.5 Å². The van der Waals surface area contributed by atoms with Gasteiger partial charge in [0.05, 0.1) is 6.33 Å². The molecule has 1 aromatic heterocycles. The van der Waals surface area contributed by atoms with Crippen molar-refractivity contribution in [2.24, 2.45) is 5.92 Å². The van der Waals surface area contributed by atoms with Crippen LogP contribution in [0.5, 0.6) is 0 Å². The molecule has 1 unspecified atom stereocenters. The summed E-state index contributed by atoms with van der Waals surface area (Å²) in [6.45, 7) is 5.90. The van der Waals surface area contributed by atoms with E-state index in [1.54, 1.807) is 4.57 Å². The van der Waals surface area contributed by atoms with Crippen molar-refractivity contribution in [3.8, 4) is 0 Å². The number of hydrogen-bond acceptors (Lipinski definition) is 4. The summed E-state index contributed by atoms with van der Waals surface area (Å²) in [5, 5.41) is 8.49. The van der Waals surface area contributed by atoms with Crippen molar-refractivity contribution in [1.82, 2.24) is 14.3 Å². The minimum absolute atomic E-state index is 0.170. The van der Waals surface area contributed by atoms with Crippen LogP contribution >= 0.6 is 0 Å². The van der Waals surface area contributed by atoms with Crippen LogP contribution in [0.25, 0.3) is 0 Å². The summed E-state index contributed by atoms with van der Waals surface area (Å²) < 4.78 is 27.3. The maximum Gasteiger partial charge on any atom is 0.321 e. The van der Waals surface area contributed by atoms with Crippen LogP contribution in [0.3, 0.4) is 0 Å². The summed E-state index contributed by atoms with van der Waals surface area (Å²) in [6, 6.07) is -1.19. The number of hydrogen-bond donors (Lipinski definition) is 2. The average Bonchev–Trinajstić information content (AvgIpc) is 2.64. The molecule has 0 amide bonds. The first kappa shape index (κ1) is 14.7. The minimum Gasteiger partial charge on any atom is -0.480 e. The molecule has 0 aromatic carbocycles. The molecule has 0 bridgehead atoms. The van der Waals surface area contributed by atoms with E-state index in [4.69, 9.17) is 5.11 Å². The number of carboxylic acids is 1. The highest BCUT2D eigenvalue weighted by Crippen LogP contribution is 2.08. The van der Waals surface area contributed by atoms with Gasteiger partial charge in [0.15, 0.2) is 5.03 Å². The lowest BCUT2D eigenvalue weighted by atomic mass is 10.2. The smallest absolute Gasteiger partial charge is 0.321 e. The van der Waals surface area contributed by atoms with E-state index in [9.17, 15) is 13.2 Å². The molecule has 0 aliphatic heterocycles. The fourth-order valence-corrected chi connectivity index (χ4v) is 2.49. The molecule has 0 saturated carbocycles. The van der Waals surface area contributed by atoms with Crippen LogP contribution in [0, 0.1) is 5.92 Å². The number of sulfonamides is 1. The van der Waals surface area contributed by atoms with E-state index in [-0.39, 0.29) is 5.03 Å². The first-order chi connectivity index (χ1) is 8.22. The van der Waals surface area contributed by atoms with Gasteiger partial charge in [0.1, 0.15) is 6.04 Å². The van der Waals surface area contributed by atoms with Gasteiger partial charge >= 0.3 is 5.97 Å². The summed E-state index contributed by atoms with van der Waals surface area (Å²) in [6.07, 6.45) is 2.80.